The van der Waals surface area contributed by atoms with Gasteiger partial charge in [-0.15, -0.1) is 0 Å². The van der Waals surface area contributed by atoms with Crippen molar-refractivity contribution in [3.05, 3.63) is 54.7 Å². The Kier molecular flexibility index (Phi) is 3.02. The zero-order chi connectivity index (χ0) is 13.1. The highest BCUT2D eigenvalue weighted by atomic mass is 15.1. The fraction of sp³-hybridized carbons (Fsp3) is 0.143. The predicted octanol–water partition coefficient (Wildman–Crippen LogP) is 2.42. The van der Waals surface area contributed by atoms with Crippen LogP contribution in [0.3, 0.4) is 0 Å². The second-order valence-electron chi connectivity index (χ2n) is 4.40. The van der Waals surface area contributed by atoms with Crippen molar-refractivity contribution in [3.63, 3.8) is 0 Å². The molecule has 0 fully saturated rings. The molecule has 96 valence electrons. The number of benzene rings is 1. The van der Waals surface area contributed by atoms with Gasteiger partial charge in [0.05, 0.1) is 24.3 Å². The molecule has 0 aliphatic carbocycles. The van der Waals surface area contributed by atoms with Crippen LogP contribution in [0.1, 0.15) is 5.69 Å². The number of aromatic amines is 1. The summed E-state index contributed by atoms with van der Waals surface area (Å²) in [5, 5.41) is 10.3. The van der Waals surface area contributed by atoms with Gasteiger partial charge in [-0.1, -0.05) is 12.1 Å². The van der Waals surface area contributed by atoms with E-state index in [2.05, 4.69) is 44.8 Å². The lowest BCUT2D eigenvalue weighted by molar-refractivity contribution is 0.837. The molecule has 0 unspecified atom stereocenters. The molecule has 0 bridgehead atoms. The van der Waals surface area contributed by atoms with Gasteiger partial charge in [-0.2, -0.15) is 5.10 Å². The highest BCUT2D eigenvalue weighted by molar-refractivity contribution is 5.62. The minimum Gasteiger partial charge on any atom is -0.379 e. The van der Waals surface area contributed by atoms with Gasteiger partial charge in [-0.25, -0.2) is 4.98 Å². The number of hydrogen-bond acceptors (Lipinski definition) is 3. The number of rotatable bonds is 4. The largest absolute Gasteiger partial charge is 0.379 e. The molecule has 0 spiro atoms. The average Bonchev–Trinajstić information content (AvgIpc) is 3.09. The Labute approximate surface area is 111 Å². The van der Waals surface area contributed by atoms with Crippen LogP contribution in [-0.2, 0) is 13.6 Å². The summed E-state index contributed by atoms with van der Waals surface area (Å²) in [5.41, 5.74) is 4.39. The Hall–Kier alpha value is -2.56. The second kappa shape index (κ2) is 4.97. The standard InChI is InChI=1S/C14H15N5/c1-19-10-15-8-13(19)9-16-12-4-2-11(3-5-12)14-6-7-17-18-14/h2-8,10,16H,9H2,1H3,(H,17,18). The van der Waals surface area contributed by atoms with E-state index in [0.29, 0.717) is 0 Å². The first kappa shape index (κ1) is 11.5. The van der Waals surface area contributed by atoms with Crippen LogP contribution in [-0.4, -0.2) is 19.7 Å². The van der Waals surface area contributed by atoms with E-state index in [1.165, 1.54) is 0 Å². The Morgan fingerprint density at radius 3 is 2.68 bits per heavy atom. The number of aromatic nitrogens is 4. The molecule has 0 atom stereocenters. The van der Waals surface area contributed by atoms with E-state index in [9.17, 15) is 0 Å². The fourth-order valence-electron chi connectivity index (χ4n) is 1.93. The van der Waals surface area contributed by atoms with E-state index in [4.69, 9.17) is 0 Å². The number of anilines is 1. The number of nitrogens with zero attached hydrogens (tertiary/aromatic N) is 3. The lowest BCUT2D eigenvalue weighted by Gasteiger charge is -2.07. The van der Waals surface area contributed by atoms with Gasteiger partial charge in [0, 0.05) is 25.1 Å². The van der Waals surface area contributed by atoms with E-state index < -0.39 is 0 Å². The van der Waals surface area contributed by atoms with E-state index >= 15 is 0 Å². The molecule has 0 saturated heterocycles. The van der Waals surface area contributed by atoms with Crippen molar-refractivity contribution in [1.29, 1.82) is 0 Å². The van der Waals surface area contributed by atoms with Gasteiger partial charge in [0.2, 0.25) is 0 Å². The van der Waals surface area contributed by atoms with Crippen molar-refractivity contribution < 1.29 is 0 Å². The second-order valence-corrected chi connectivity index (χ2v) is 4.40. The van der Waals surface area contributed by atoms with Crippen LogP contribution in [0.15, 0.2) is 49.1 Å². The number of aryl methyl sites for hydroxylation is 1. The quantitative estimate of drug-likeness (QED) is 0.750. The van der Waals surface area contributed by atoms with Crippen molar-refractivity contribution >= 4 is 5.69 Å². The summed E-state index contributed by atoms with van der Waals surface area (Å²) in [6, 6.07) is 10.2. The summed E-state index contributed by atoms with van der Waals surface area (Å²) in [6.07, 6.45) is 5.42. The maximum absolute atomic E-state index is 4.09. The van der Waals surface area contributed by atoms with Gasteiger partial charge in [-0.3, -0.25) is 5.10 Å². The molecule has 0 aliphatic heterocycles. The first-order valence-electron chi connectivity index (χ1n) is 6.12. The Balaban J connectivity index is 1.68. The third-order valence-corrected chi connectivity index (χ3v) is 3.09. The van der Waals surface area contributed by atoms with E-state index in [1.807, 2.05) is 23.9 Å². The van der Waals surface area contributed by atoms with Crippen molar-refractivity contribution in [1.82, 2.24) is 19.7 Å². The third kappa shape index (κ3) is 2.49. The van der Waals surface area contributed by atoms with Crippen molar-refractivity contribution in [2.45, 2.75) is 6.54 Å². The van der Waals surface area contributed by atoms with Gasteiger partial charge in [0.15, 0.2) is 0 Å². The van der Waals surface area contributed by atoms with Crippen molar-refractivity contribution in [3.8, 4) is 11.3 Å². The van der Waals surface area contributed by atoms with Crippen LogP contribution < -0.4 is 5.32 Å². The van der Waals surface area contributed by atoms with Crippen LogP contribution in [0.2, 0.25) is 0 Å². The van der Waals surface area contributed by atoms with Gasteiger partial charge < -0.3 is 9.88 Å². The predicted molar refractivity (Wildman–Crippen MR) is 74.6 cm³/mol. The number of imidazole rings is 1. The molecule has 0 saturated carbocycles. The van der Waals surface area contributed by atoms with Crippen LogP contribution in [0.4, 0.5) is 5.69 Å². The monoisotopic (exact) mass is 253 g/mol. The molecule has 3 aromatic rings. The molecule has 2 heterocycles. The molecule has 1 aromatic carbocycles. The lowest BCUT2D eigenvalue weighted by Crippen LogP contribution is -2.03. The molecule has 3 rings (SSSR count). The molecule has 2 aromatic heterocycles. The number of nitrogens with one attached hydrogen (secondary N) is 2. The molecule has 2 N–H and O–H groups in total. The summed E-state index contributed by atoms with van der Waals surface area (Å²) in [7, 11) is 1.99. The molecule has 0 radical (unpaired) electrons. The number of H-pyrrole nitrogens is 1. The molecule has 5 heteroatoms. The molecule has 0 amide bonds. The summed E-state index contributed by atoms with van der Waals surface area (Å²) < 4.78 is 2.01. The van der Waals surface area contributed by atoms with E-state index in [-0.39, 0.29) is 0 Å². The average molecular weight is 253 g/mol. The Bertz CT molecular complexity index is 637. The maximum Gasteiger partial charge on any atom is 0.0946 e. The Morgan fingerprint density at radius 1 is 1.21 bits per heavy atom. The molecular weight excluding hydrogens is 238 g/mol. The maximum atomic E-state index is 4.09. The van der Waals surface area contributed by atoms with E-state index in [1.54, 1.807) is 12.5 Å². The Morgan fingerprint density at radius 2 is 2.05 bits per heavy atom. The van der Waals surface area contributed by atoms with Gasteiger partial charge in [-0.05, 0) is 23.8 Å². The molecular formula is C14H15N5. The topological polar surface area (TPSA) is 58.5 Å². The fourth-order valence-corrected chi connectivity index (χ4v) is 1.93. The molecule has 19 heavy (non-hydrogen) atoms. The minimum atomic E-state index is 0.764. The zero-order valence-electron chi connectivity index (χ0n) is 10.7. The van der Waals surface area contributed by atoms with Crippen LogP contribution in [0.25, 0.3) is 11.3 Å². The lowest BCUT2D eigenvalue weighted by atomic mass is 10.1. The van der Waals surface area contributed by atoms with E-state index in [0.717, 1.165) is 29.2 Å². The van der Waals surface area contributed by atoms with Gasteiger partial charge >= 0.3 is 0 Å². The molecule has 0 aliphatic rings. The highest BCUT2D eigenvalue weighted by Gasteiger charge is 2.00. The van der Waals surface area contributed by atoms with Crippen molar-refractivity contribution in [2.24, 2.45) is 7.05 Å². The minimum absolute atomic E-state index is 0.764. The van der Waals surface area contributed by atoms with Crippen LogP contribution in [0.5, 0.6) is 0 Å². The zero-order valence-corrected chi connectivity index (χ0v) is 10.7. The first-order valence-corrected chi connectivity index (χ1v) is 6.12. The van der Waals surface area contributed by atoms with Crippen LogP contribution in [0, 0.1) is 0 Å². The highest BCUT2D eigenvalue weighted by Crippen LogP contribution is 2.19. The van der Waals surface area contributed by atoms with Gasteiger partial charge in [0.1, 0.15) is 0 Å². The smallest absolute Gasteiger partial charge is 0.0946 e. The summed E-state index contributed by atoms with van der Waals surface area (Å²) >= 11 is 0. The summed E-state index contributed by atoms with van der Waals surface area (Å²) in [4.78, 5) is 4.09. The SMILES string of the molecule is Cn1cncc1CNc1ccc(-c2ccn[nH]2)cc1. The van der Waals surface area contributed by atoms with Crippen LogP contribution >= 0.6 is 0 Å². The number of hydrogen-bond donors (Lipinski definition) is 2. The van der Waals surface area contributed by atoms with Gasteiger partial charge in [0.25, 0.3) is 0 Å². The molecule has 5 nitrogen and oxygen atoms in total. The normalized spacial score (nSPS) is 10.6. The third-order valence-electron chi connectivity index (χ3n) is 3.09. The van der Waals surface area contributed by atoms with Crippen molar-refractivity contribution in [2.75, 3.05) is 5.32 Å². The summed E-state index contributed by atoms with van der Waals surface area (Å²) in [6.45, 7) is 0.764. The first-order chi connectivity index (χ1) is 9.33. The summed E-state index contributed by atoms with van der Waals surface area (Å²) in [5.74, 6) is 0.